The molecule has 1 amide bonds. The summed E-state index contributed by atoms with van der Waals surface area (Å²) >= 11 is 0. The van der Waals surface area contributed by atoms with Gasteiger partial charge in [0.1, 0.15) is 5.75 Å². The zero-order valence-corrected chi connectivity index (χ0v) is 19.6. The molecule has 4 rings (SSSR count). The second kappa shape index (κ2) is 9.02. The molecule has 0 aromatic heterocycles. The quantitative estimate of drug-likeness (QED) is 0.506. The van der Waals surface area contributed by atoms with E-state index in [1.54, 1.807) is 26.0 Å². The van der Waals surface area contributed by atoms with Gasteiger partial charge in [-0.2, -0.15) is 23.3 Å². The molecule has 1 N–H and O–H groups in total. The second-order valence-corrected chi connectivity index (χ2v) is 9.59. The normalized spacial score (nSPS) is 18.7. The highest BCUT2D eigenvalue weighted by Crippen LogP contribution is 2.38. The Balaban J connectivity index is 1.39. The lowest BCUT2D eigenvalue weighted by molar-refractivity contribution is -0.163. The number of aryl methyl sites for hydroxylation is 1. The van der Waals surface area contributed by atoms with Crippen LogP contribution in [0.2, 0.25) is 0 Å². The molecule has 0 unspecified atom stereocenters. The predicted octanol–water partition coefficient (Wildman–Crippen LogP) is 5.84. The lowest BCUT2D eigenvalue weighted by Crippen LogP contribution is -2.50. The first-order valence-electron chi connectivity index (χ1n) is 11.5. The number of amides is 1. The third-order valence-electron chi connectivity index (χ3n) is 6.75. The number of anilines is 1. The molecular formula is C26H27F3N2O4. The highest BCUT2D eigenvalue weighted by Gasteiger charge is 2.47. The number of nitrogens with zero attached hydrogens (tertiary/aromatic N) is 2. The highest BCUT2D eigenvalue weighted by molar-refractivity contribution is 6.18. The number of carbonyl (C=O) groups excluding carboxylic acids is 1. The van der Waals surface area contributed by atoms with Crippen LogP contribution in [0.1, 0.15) is 57.1 Å². The maximum Gasteiger partial charge on any atom is 0.416 e. The Kier molecular flexibility index (Phi) is 6.38. The number of hydrogen-bond donors (Lipinski definition) is 1. The molecule has 0 spiro atoms. The summed E-state index contributed by atoms with van der Waals surface area (Å²) < 4.78 is 45.0. The third kappa shape index (κ3) is 4.90. The van der Waals surface area contributed by atoms with Crippen LogP contribution in [0.3, 0.4) is 0 Å². The summed E-state index contributed by atoms with van der Waals surface area (Å²) in [5.74, 6) is -0.794. The molecule has 1 saturated carbocycles. The van der Waals surface area contributed by atoms with Crippen LogP contribution in [0.25, 0.3) is 0 Å². The molecule has 6 nitrogen and oxygen atoms in total. The first kappa shape index (κ1) is 24.8. The molecule has 9 heteroatoms. The molecule has 35 heavy (non-hydrogen) atoms. The van der Waals surface area contributed by atoms with Gasteiger partial charge in [0.25, 0.3) is 5.91 Å². The lowest BCUT2D eigenvalue weighted by Gasteiger charge is -2.37. The van der Waals surface area contributed by atoms with Crippen LogP contribution in [-0.2, 0) is 22.2 Å². The van der Waals surface area contributed by atoms with E-state index in [0.717, 1.165) is 29.1 Å². The highest BCUT2D eigenvalue weighted by atomic mass is 19.4. The summed E-state index contributed by atoms with van der Waals surface area (Å²) in [6.07, 6.45) is -0.792. The topological polar surface area (TPSA) is 79.2 Å². The van der Waals surface area contributed by atoms with Crippen molar-refractivity contribution in [2.45, 2.75) is 64.1 Å². The van der Waals surface area contributed by atoms with Crippen LogP contribution in [0.5, 0.6) is 5.75 Å². The maximum absolute atomic E-state index is 13.1. The average molecular weight is 489 g/mol. The number of hydrogen-bond acceptors (Lipinski definition) is 4. The number of benzene rings is 2. The van der Waals surface area contributed by atoms with Crippen molar-refractivity contribution in [2.75, 3.05) is 5.01 Å². The monoisotopic (exact) mass is 488 g/mol. The minimum Gasteiger partial charge on any atom is -0.478 e. The lowest BCUT2D eigenvalue weighted by atomic mass is 9.80. The Morgan fingerprint density at radius 3 is 2.37 bits per heavy atom. The second-order valence-electron chi connectivity index (χ2n) is 9.59. The predicted molar refractivity (Wildman–Crippen MR) is 124 cm³/mol. The summed E-state index contributed by atoms with van der Waals surface area (Å²) in [7, 11) is 0. The standard InChI is InChI=1S/C26H27F3N2O4/c1-24(2)21(30-31(22(24)32)19-8-4-7-18(16-19)26(27,28)29)9-3-6-17-10-12-20(13-11-17)35-25(23(33)34)14-5-15-25/h4,7-8,10-13,16H,3,5-6,9,14-15H2,1-2H3,(H,33,34). The molecule has 1 aliphatic carbocycles. The summed E-state index contributed by atoms with van der Waals surface area (Å²) in [6.45, 7) is 3.46. The van der Waals surface area contributed by atoms with E-state index in [1.165, 1.54) is 12.1 Å². The van der Waals surface area contributed by atoms with E-state index >= 15 is 0 Å². The maximum atomic E-state index is 13.1. The molecule has 0 atom stereocenters. The van der Waals surface area contributed by atoms with Crippen molar-refractivity contribution in [3.05, 3.63) is 59.7 Å². The molecule has 186 valence electrons. The molecule has 0 radical (unpaired) electrons. The molecule has 1 aliphatic heterocycles. The number of carboxylic acid groups (broad SMARTS) is 1. The van der Waals surface area contributed by atoms with E-state index in [1.807, 2.05) is 12.1 Å². The molecule has 2 aromatic rings. The van der Waals surface area contributed by atoms with Crippen LogP contribution < -0.4 is 9.75 Å². The number of rotatable bonds is 8. The van der Waals surface area contributed by atoms with Gasteiger partial charge in [-0.3, -0.25) is 4.79 Å². The minimum absolute atomic E-state index is 0.0917. The fourth-order valence-electron chi connectivity index (χ4n) is 4.30. The number of aliphatic carboxylic acids is 1. The van der Waals surface area contributed by atoms with Gasteiger partial charge in [0.15, 0.2) is 0 Å². The van der Waals surface area contributed by atoms with Gasteiger partial charge in [0.2, 0.25) is 5.60 Å². The molecule has 0 bridgehead atoms. The van der Waals surface area contributed by atoms with Crippen LogP contribution in [0.4, 0.5) is 18.9 Å². The van der Waals surface area contributed by atoms with Crippen molar-refractivity contribution in [2.24, 2.45) is 10.5 Å². The van der Waals surface area contributed by atoms with Crippen molar-refractivity contribution in [1.82, 2.24) is 0 Å². The van der Waals surface area contributed by atoms with E-state index in [-0.39, 0.29) is 11.6 Å². The van der Waals surface area contributed by atoms with Gasteiger partial charge in [-0.15, -0.1) is 0 Å². The molecular weight excluding hydrogens is 461 g/mol. The van der Waals surface area contributed by atoms with Crippen molar-refractivity contribution in [3.8, 4) is 5.75 Å². The Hall–Kier alpha value is -3.36. The zero-order chi connectivity index (χ0) is 25.4. The number of carbonyl (C=O) groups is 2. The molecule has 2 aromatic carbocycles. The molecule has 2 aliphatic rings. The van der Waals surface area contributed by atoms with Gasteiger partial charge in [-0.05, 0) is 88.3 Å². The molecule has 1 heterocycles. The van der Waals surface area contributed by atoms with E-state index in [2.05, 4.69) is 5.10 Å². The van der Waals surface area contributed by atoms with Crippen molar-refractivity contribution < 1.29 is 32.6 Å². The van der Waals surface area contributed by atoms with Gasteiger partial charge in [-0.25, -0.2) is 4.79 Å². The minimum atomic E-state index is -4.51. The largest absolute Gasteiger partial charge is 0.478 e. The van der Waals surface area contributed by atoms with Gasteiger partial charge >= 0.3 is 12.1 Å². The zero-order valence-electron chi connectivity index (χ0n) is 19.6. The van der Waals surface area contributed by atoms with E-state index in [9.17, 15) is 27.9 Å². The molecule has 1 fully saturated rings. The first-order chi connectivity index (χ1) is 16.4. The summed E-state index contributed by atoms with van der Waals surface area (Å²) in [5.41, 5.74) is -1.13. The number of carboxylic acids is 1. The summed E-state index contributed by atoms with van der Waals surface area (Å²) in [4.78, 5) is 24.4. The average Bonchev–Trinajstić information content (AvgIpc) is 3.00. The molecule has 0 saturated heterocycles. The summed E-state index contributed by atoms with van der Waals surface area (Å²) in [5, 5.41) is 14.9. The van der Waals surface area contributed by atoms with Crippen molar-refractivity contribution >= 4 is 23.3 Å². The van der Waals surface area contributed by atoms with Crippen molar-refractivity contribution in [1.29, 1.82) is 0 Å². The summed E-state index contributed by atoms with van der Waals surface area (Å²) in [6, 6.07) is 11.9. The van der Waals surface area contributed by atoms with Crippen LogP contribution in [0, 0.1) is 5.41 Å². The number of ether oxygens (including phenoxy) is 1. The fourth-order valence-corrected chi connectivity index (χ4v) is 4.30. The van der Waals surface area contributed by atoms with Crippen LogP contribution >= 0.6 is 0 Å². The SMILES string of the molecule is CC1(C)C(=O)N(c2cccc(C(F)(F)F)c2)N=C1CCCc1ccc(OC2(C(=O)O)CCC2)cc1. The number of hydrazone groups is 1. The Labute approximate surface area is 201 Å². The van der Waals surface area contributed by atoms with E-state index in [4.69, 9.17) is 4.74 Å². The Morgan fingerprint density at radius 1 is 1.11 bits per heavy atom. The van der Waals surface area contributed by atoms with Gasteiger partial charge < -0.3 is 9.84 Å². The van der Waals surface area contributed by atoms with E-state index in [0.29, 0.717) is 43.6 Å². The van der Waals surface area contributed by atoms with E-state index < -0.39 is 28.7 Å². The Bertz CT molecular complexity index is 1150. The van der Waals surface area contributed by atoms with Crippen LogP contribution in [0.15, 0.2) is 53.6 Å². The first-order valence-corrected chi connectivity index (χ1v) is 11.5. The van der Waals surface area contributed by atoms with Crippen LogP contribution in [-0.4, -0.2) is 28.3 Å². The Morgan fingerprint density at radius 2 is 1.80 bits per heavy atom. The smallest absolute Gasteiger partial charge is 0.416 e. The number of halogens is 3. The third-order valence-corrected chi connectivity index (χ3v) is 6.75. The van der Waals surface area contributed by atoms with Gasteiger partial charge in [0, 0.05) is 0 Å². The van der Waals surface area contributed by atoms with Crippen molar-refractivity contribution in [3.63, 3.8) is 0 Å². The van der Waals surface area contributed by atoms with Gasteiger partial charge in [0.05, 0.1) is 22.4 Å². The fraction of sp³-hybridized carbons (Fsp3) is 0.423. The number of alkyl halides is 3. The van der Waals surface area contributed by atoms with Gasteiger partial charge in [-0.1, -0.05) is 18.2 Å².